The number of nitrogens with zero attached hydrogens (tertiary/aromatic N) is 2. The van der Waals surface area contributed by atoms with Gasteiger partial charge in [-0.2, -0.15) is 0 Å². The summed E-state index contributed by atoms with van der Waals surface area (Å²) in [6.45, 7) is 10.7. The van der Waals surface area contributed by atoms with Gasteiger partial charge in [-0.1, -0.05) is 13.8 Å². The van der Waals surface area contributed by atoms with E-state index in [0.29, 0.717) is 0 Å². The molecular formula is C14H29N3O. The van der Waals surface area contributed by atoms with E-state index in [1.54, 1.807) is 0 Å². The molecule has 2 N–H and O–H groups in total. The van der Waals surface area contributed by atoms with Crippen LogP contribution in [0.5, 0.6) is 0 Å². The summed E-state index contributed by atoms with van der Waals surface area (Å²) in [5.74, 6) is 0. The number of likely N-dealkylation sites (tertiary alicyclic amines) is 1. The number of hydrogen-bond acceptors (Lipinski definition) is 4. The lowest BCUT2D eigenvalue weighted by Crippen LogP contribution is -2.48. The molecule has 0 aliphatic carbocycles. The summed E-state index contributed by atoms with van der Waals surface area (Å²) in [6.07, 6.45) is 2.70. The van der Waals surface area contributed by atoms with Gasteiger partial charge in [0, 0.05) is 30.6 Å². The maximum absolute atomic E-state index is 6.16. The third-order valence-corrected chi connectivity index (χ3v) is 4.68. The number of likely N-dealkylation sites (N-methyl/N-ethyl adjacent to an activating group) is 2. The van der Waals surface area contributed by atoms with Crippen molar-refractivity contribution in [3.63, 3.8) is 0 Å². The van der Waals surface area contributed by atoms with Crippen molar-refractivity contribution < 1.29 is 4.74 Å². The normalized spacial score (nSPS) is 37.8. The third-order valence-electron chi connectivity index (χ3n) is 4.68. The molecular weight excluding hydrogens is 226 g/mol. The average molecular weight is 255 g/mol. The van der Waals surface area contributed by atoms with Gasteiger partial charge in [0.2, 0.25) is 0 Å². The Labute approximate surface area is 111 Å². The van der Waals surface area contributed by atoms with Crippen LogP contribution < -0.4 is 5.73 Å². The van der Waals surface area contributed by atoms with Gasteiger partial charge in [-0.15, -0.1) is 0 Å². The van der Waals surface area contributed by atoms with Crippen LogP contribution in [0.15, 0.2) is 0 Å². The fourth-order valence-electron chi connectivity index (χ4n) is 3.45. The Kier molecular flexibility index (Phi) is 4.64. The maximum atomic E-state index is 6.16. The minimum absolute atomic E-state index is 0.129. The maximum Gasteiger partial charge on any atom is 0.0624 e. The predicted molar refractivity (Wildman–Crippen MR) is 74.7 cm³/mol. The highest BCUT2D eigenvalue weighted by atomic mass is 16.5. The number of hydrogen-bond donors (Lipinski definition) is 1. The summed E-state index contributed by atoms with van der Waals surface area (Å²) in [5.41, 5.74) is 6.29. The van der Waals surface area contributed by atoms with E-state index in [0.717, 1.165) is 32.3 Å². The van der Waals surface area contributed by atoms with Crippen LogP contribution >= 0.6 is 0 Å². The number of rotatable bonds is 5. The van der Waals surface area contributed by atoms with E-state index in [2.05, 4.69) is 30.7 Å². The highest BCUT2D eigenvalue weighted by Crippen LogP contribution is 2.28. The molecule has 3 unspecified atom stereocenters. The lowest BCUT2D eigenvalue weighted by molar-refractivity contribution is 0.115. The Balaban J connectivity index is 1.83. The zero-order valence-electron chi connectivity index (χ0n) is 12.2. The fourth-order valence-corrected chi connectivity index (χ4v) is 3.45. The Morgan fingerprint density at radius 1 is 1.50 bits per heavy atom. The molecule has 2 aliphatic heterocycles. The molecule has 2 fully saturated rings. The second kappa shape index (κ2) is 5.87. The highest BCUT2D eigenvalue weighted by Gasteiger charge is 2.39. The van der Waals surface area contributed by atoms with Gasteiger partial charge in [0.15, 0.2) is 0 Å². The van der Waals surface area contributed by atoms with E-state index < -0.39 is 0 Å². The van der Waals surface area contributed by atoms with Crippen molar-refractivity contribution in [1.29, 1.82) is 0 Å². The standard InChI is InChI=1S/C14H29N3O/c1-4-17-7-5-6-12(17)8-16(3)10-14(2)11-18-9-13(14)15/h12-13H,4-11,15H2,1-3H3. The van der Waals surface area contributed by atoms with E-state index >= 15 is 0 Å². The minimum atomic E-state index is 0.129. The smallest absolute Gasteiger partial charge is 0.0624 e. The van der Waals surface area contributed by atoms with Gasteiger partial charge < -0.3 is 15.4 Å². The van der Waals surface area contributed by atoms with Gasteiger partial charge in [-0.25, -0.2) is 0 Å². The Bertz CT molecular complexity index is 274. The first-order valence-corrected chi connectivity index (χ1v) is 7.31. The molecule has 2 rings (SSSR count). The molecule has 0 aromatic rings. The SMILES string of the molecule is CCN1CCCC1CN(C)CC1(C)COCC1N. The van der Waals surface area contributed by atoms with Crippen LogP contribution in [0.25, 0.3) is 0 Å². The molecule has 0 saturated carbocycles. The van der Waals surface area contributed by atoms with E-state index in [4.69, 9.17) is 10.5 Å². The monoisotopic (exact) mass is 255 g/mol. The Morgan fingerprint density at radius 2 is 2.28 bits per heavy atom. The average Bonchev–Trinajstić information content (AvgIpc) is 2.87. The zero-order chi connectivity index (χ0) is 13.2. The number of ether oxygens (including phenoxy) is 1. The number of nitrogens with two attached hydrogens (primary N) is 1. The van der Waals surface area contributed by atoms with Gasteiger partial charge in [-0.3, -0.25) is 4.90 Å². The molecule has 0 radical (unpaired) electrons. The second-order valence-electron chi connectivity index (χ2n) is 6.40. The molecule has 18 heavy (non-hydrogen) atoms. The van der Waals surface area contributed by atoms with Crippen molar-refractivity contribution >= 4 is 0 Å². The topological polar surface area (TPSA) is 41.7 Å². The Hall–Kier alpha value is -0.160. The molecule has 0 aromatic heterocycles. The third kappa shape index (κ3) is 3.05. The fraction of sp³-hybridized carbons (Fsp3) is 1.00. The summed E-state index contributed by atoms with van der Waals surface area (Å²) in [6, 6.07) is 0.924. The Morgan fingerprint density at radius 3 is 2.89 bits per heavy atom. The van der Waals surface area contributed by atoms with Crippen molar-refractivity contribution in [3.05, 3.63) is 0 Å². The zero-order valence-corrected chi connectivity index (χ0v) is 12.2. The molecule has 0 bridgehead atoms. The highest BCUT2D eigenvalue weighted by molar-refractivity contribution is 4.93. The van der Waals surface area contributed by atoms with E-state index in [1.807, 2.05) is 0 Å². The summed E-state index contributed by atoms with van der Waals surface area (Å²) in [5, 5.41) is 0. The molecule has 0 spiro atoms. The summed E-state index contributed by atoms with van der Waals surface area (Å²) in [7, 11) is 2.22. The van der Waals surface area contributed by atoms with Crippen molar-refractivity contribution in [2.45, 2.75) is 38.8 Å². The van der Waals surface area contributed by atoms with Gasteiger partial charge in [0.25, 0.3) is 0 Å². The summed E-state index contributed by atoms with van der Waals surface area (Å²) < 4.78 is 5.52. The van der Waals surface area contributed by atoms with Gasteiger partial charge in [-0.05, 0) is 33.0 Å². The molecule has 0 amide bonds. The molecule has 4 nitrogen and oxygen atoms in total. The van der Waals surface area contributed by atoms with Crippen LogP contribution in [0.1, 0.15) is 26.7 Å². The van der Waals surface area contributed by atoms with Gasteiger partial charge in [0.05, 0.1) is 13.2 Å². The van der Waals surface area contributed by atoms with Crippen molar-refractivity contribution in [3.8, 4) is 0 Å². The largest absolute Gasteiger partial charge is 0.379 e. The molecule has 0 aromatic carbocycles. The van der Waals surface area contributed by atoms with Crippen molar-refractivity contribution in [2.75, 3.05) is 46.4 Å². The molecule has 3 atom stereocenters. The minimum Gasteiger partial charge on any atom is -0.379 e. The summed E-state index contributed by atoms with van der Waals surface area (Å²) >= 11 is 0. The van der Waals surface area contributed by atoms with Crippen LogP contribution in [0.3, 0.4) is 0 Å². The first-order valence-electron chi connectivity index (χ1n) is 7.31. The van der Waals surface area contributed by atoms with E-state index in [-0.39, 0.29) is 11.5 Å². The molecule has 2 heterocycles. The lowest BCUT2D eigenvalue weighted by Gasteiger charge is -2.34. The molecule has 4 heteroatoms. The van der Waals surface area contributed by atoms with Crippen LogP contribution in [0.2, 0.25) is 0 Å². The van der Waals surface area contributed by atoms with Crippen molar-refractivity contribution in [1.82, 2.24) is 9.80 Å². The van der Waals surface area contributed by atoms with Crippen LogP contribution in [-0.2, 0) is 4.74 Å². The molecule has 2 saturated heterocycles. The van der Waals surface area contributed by atoms with Gasteiger partial charge in [0.1, 0.15) is 0 Å². The second-order valence-corrected chi connectivity index (χ2v) is 6.40. The lowest BCUT2D eigenvalue weighted by atomic mass is 9.85. The van der Waals surface area contributed by atoms with Crippen LogP contribution in [0.4, 0.5) is 0 Å². The molecule has 106 valence electrons. The van der Waals surface area contributed by atoms with E-state index in [1.165, 1.54) is 25.9 Å². The van der Waals surface area contributed by atoms with Crippen LogP contribution in [0, 0.1) is 5.41 Å². The van der Waals surface area contributed by atoms with E-state index in [9.17, 15) is 0 Å². The first-order chi connectivity index (χ1) is 8.55. The first kappa shape index (κ1) is 14.3. The van der Waals surface area contributed by atoms with Crippen LogP contribution in [-0.4, -0.2) is 68.3 Å². The quantitative estimate of drug-likeness (QED) is 0.788. The predicted octanol–water partition coefficient (Wildman–Crippen LogP) is 0.766. The molecule has 2 aliphatic rings. The van der Waals surface area contributed by atoms with Crippen molar-refractivity contribution in [2.24, 2.45) is 11.1 Å². The van der Waals surface area contributed by atoms with Gasteiger partial charge >= 0.3 is 0 Å². The summed E-state index contributed by atoms with van der Waals surface area (Å²) in [4.78, 5) is 5.05.